The van der Waals surface area contributed by atoms with Crippen molar-refractivity contribution in [3.63, 3.8) is 0 Å². The summed E-state index contributed by atoms with van der Waals surface area (Å²) in [7, 11) is 0. The van der Waals surface area contributed by atoms with Gasteiger partial charge in [0.25, 0.3) is 11.8 Å². The van der Waals surface area contributed by atoms with Crippen LogP contribution in [0.3, 0.4) is 0 Å². The van der Waals surface area contributed by atoms with E-state index in [1.165, 1.54) is 11.3 Å². The number of thiophene rings is 1. The van der Waals surface area contributed by atoms with Gasteiger partial charge in [-0.2, -0.15) is 0 Å². The van der Waals surface area contributed by atoms with E-state index in [2.05, 4.69) is 15.6 Å². The molecule has 3 aromatic heterocycles. The third-order valence-corrected chi connectivity index (χ3v) is 4.86. The Labute approximate surface area is 159 Å². The quantitative estimate of drug-likeness (QED) is 0.560. The molecular formula is C20H16N4O2S. The maximum Gasteiger partial charge on any atom is 0.275 e. The van der Waals surface area contributed by atoms with E-state index >= 15 is 0 Å². The van der Waals surface area contributed by atoms with E-state index in [0.717, 1.165) is 11.2 Å². The maximum atomic E-state index is 12.4. The summed E-state index contributed by atoms with van der Waals surface area (Å²) in [6, 6.07) is 14.4. The highest BCUT2D eigenvalue weighted by Gasteiger charge is 2.12. The largest absolute Gasteiger partial charge is 0.321 e. The minimum absolute atomic E-state index is 0.151. The molecule has 3 heterocycles. The van der Waals surface area contributed by atoms with Crippen molar-refractivity contribution in [1.82, 2.24) is 9.38 Å². The number of nitrogens with zero attached hydrogens (tertiary/aromatic N) is 2. The van der Waals surface area contributed by atoms with Crippen molar-refractivity contribution in [2.45, 2.75) is 6.92 Å². The third-order valence-electron chi connectivity index (χ3n) is 3.99. The fraction of sp³-hybridized carbons (Fsp3) is 0.0500. The normalized spacial score (nSPS) is 10.7. The van der Waals surface area contributed by atoms with Gasteiger partial charge in [-0.1, -0.05) is 6.07 Å². The van der Waals surface area contributed by atoms with Gasteiger partial charge >= 0.3 is 0 Å². The Morgan fingerprint density at radius 1 is 1.00 bits per heavy atom. The van der Waals surface area contributed by atoms with Crippen molar-refractivity contribution < 1.29 is 9.59 Å². The lowest BCUT2D eigenvalue weighted by molar-refractivity contribution is 0.101. The van der Waals surface area contributed by atoms with Crippen molar-refractivity contribution in [3.05, 3.63) is 82.4 Å². The number of benzene rings is 1. The summed E-state index contributed by atoms with van der Waals surface area (Å²) in [5.74, 6) is -0.437. The van der Waals surface area contributed by atoms with Crippen LogP contribution in [-0.2, 0) is 0 Å². The molecule has 0 radical (unpaired) electrons. The lowest BCUT2D eigenvalue weighted by Gasteiger charge is -2.06. The van der Waals surface area contributed by atoms with Gasteiger partial charge < -0.3 is 15.0 Å². The number of anilines is 2. The molecule has 0 unspecified atom stereocenters. The van der Waals surface area contributed by atoms with E-state index in [-0.39, 0.29) is 11.8 Å². The third kappa shape index (κ3) is 3.73. The molecular weight excluding hydrogens is 360 g/mol. The van der Waals surface area contributed by atoms with E-state index in [1.54, 1.807) is 36.5 Å². The van der Waals surface area contributed by atoms with Gasteiger partial charge in [0.1, 0.15) is 11.3 Å². The zero-order chi connectivity index (χ0) is 18.8. The highest BCUT2D eigenvalue weighted by Crippen LogP contribution is 2.17. The number of hydrogen-bond donors (Lipinski definition) is 2. The van der Waals surface area contributed by atoms with Crippen molar-refractivity contribution in [2.24, 2.45) is 0 Å². The smallest absolute Gasteiger partial charge is 0.275 e. The van der Waals surface area contributed by atoms with Gasteiger partial charge in [0.2, 0.25) is 0 Å². The number of pyridine rings is 1. The average Bonchev–Trinajstić information content (AvgIpc) is 3.32. The highest BCUT2D eigenvalue weighted by atomic mass is 32.1. The molecule has 7 heteroatoms. The van der Waals surface area contributed by atoms with Crippen LogP contribution in [-0.4, -0.2) is 21.2 Å². The van der Waals surface area contributed by atoms with E-state index in [9.17, 15) is 9.59 Å². The van der Waals surface area contributed by atoms with Crippen molar-refractivity contribution in [1.29, 1.82) is 0 Å². The topological polar surface area (TPSA) is 75.5 Å². The van der Waals surface area contributed by atoms with Crippen LogP contribution >= 0.6 is 11.3 Å². The van der Waals surface area contributed by atoms with Crippen LogP contribution in [0.1, 0.15) is 25.7 Å². The molecule has 6 nitrogen and oxygen atoms in total. The lowest BCUT2D eigenvalue weighted by Crippen LogP contribution is -2.13. The Balaban J connectivity index is 1.44. The maximum absolute atomic E-state index is 12.4. The Hall–Kier alpha value is -3.45. The molecule has 2 amide bonds. The molecule has 0 bridgehead atoms. The van der Waals surface area contributed by atoms with Gasteiger partial charge in [0.05, 0.1) is 4.88 Å². The Morgan fingerprint density at radius 2 is 1.70 bits per heavy atom. The summed E-state index contributed by atoms with van der Waals surface area (Å²) in [6.07, 6.45) is 3.57. The number of carbonyl (C=O) groups is 2. The van der Waals surface area contributed by atoms with Crippen LogP contribution in [0.15, 0.2) is 66.3 Å². The van der Waals surface area contributed by atoms with E-state index in [4.69, 9.17) is 0 Å². The van der Waals surface area contributed by atoms with Gasteiger partial charge in [-0.15, -0.1) is 11.3 Å². The number of imidazole rings is 1. The van der Waals surface area contributed by atoms with Crippen LogP contribution < -0.4 is 10.6 Å². The Bertz CT molecular complexity index is 1110. The molecule has 0 saturated heterocycles. The number of amides is 2. The predicted octanol–water partition coefficient (Wildman–Crippen LogP) is 4.21. The summed E-state index contributed by atoms with van der Waals surface area (Å²) in [5.41, 5.74) is 3.44. The Morgan fingerprint density at radius 3 is 2.37 bits per heavy atom. The zero-order valence-corrected chi connectivity index (χ0v) is 15.3. The van der Waals surface area contributed by atoms with Gasteiger partial charge in [-0.05, 0) is 60.3 Å². The lowest BCUT2D eigenvalue weighted by atomic mass is 10.2. The predicted molar refractivity (Wildman–Crippen MR) is 107 cm³/mol. The molecule has 1 aromatic carbocycles. The number of fused-ring (bicyclic) bond motifs is 1. The molecule has 4 rings (SSSR count). The summed E-state index contributed by atoms with van der Waals surface area (Å²) >= 11 is 1.38. The molecule has 0 fully saturated rings. The molecule has 4 aromatic rings. The minimum atomic E-state index is -0.285. The summed E-state index contributed by atoms with van der Waals surface area (Å²) in [4.78, 5) is 29.5. The fourth-order valence-electron chi connectivity index (χ4n) is 2.63. The number of carbonyl (C=O) groups excluding carboxylic acids is 2. The van der Waals surface area contributed by atoms with E-state index in [1.807, 2.05) is 41.1 Å². The van der Waals surface area contributed by atoms with Crippen LogP contribution in [0.4, 0.5) is 11.4 Å². The molecule has 27 heavy (non-hydrogen) atoms. The highest BCUT2D eigenvalue weighted by molar-refractivity contribution is 7.12. The fourth-order valence-corrected chi connectivity index (χ4v) is 3.24. The molecule has 0 aliphatic rings. The molecule has 0 spiro atoms. The van der Waals surface area contributed by atoms with Crippen molar-refractivity contribution in [3.8, 4) is 0 Å². The number of aryl methyl sites for hydroxylation is 1. The summed E-state index contributed by atoms with van der Waals surface area (Å²) in [5, 5.41) is 7.49. The number of aromatic nitrogens is 2. The second kappa shape index (κ2) is 7.05. The second-order valence-electron chi connectivity index (χ2n) is 6.06. The number of nitrogens with one attached hydrogen (secondary N) is 2. The number of rotatable bonds is 4. The number of hydrogen-bond acceptors (Lipinski definition) is 4. The monoisotopic (exact) mass is 376 g/mol. The molecule has 134 valence electrons. The standard InChI is InChI=1S/C20H16N4O2S/c1-13-8-9-24-12-16(23-18(24)11-13)19(25)21-14-4-6-15(7-5-14)22-20(26)17-3-2-10-27-17/h2-12H,1H3,(H,21,25)(H,22,26). The van der Waals surface area contributed by atoms with Gasteiger partial charge in [0.15, 0.2) is 0 Å². The van der Waals surface area contributed by atoms with Crippen LogP contribution in [0.2, 0.25) is 0 Å². The van der Waals surface area contributed by atoms with Crippen LogP contribution in [0.5, 0.6) is 0 Å². The minimum Gasteiger partial charge on any atom is -0.321 e. The van der Waals surface area contributed by atoms with Gasteiger partial charge in [-0.25, -0.2) is 4.98 Å². The first-order chi connectivity index (χ1) is 13.1. The average molecular weight is 376 g/mol. The zero-order valence-electron chi connectivity index (χ0n) is 14.5. The summed E-state index contributed by atoms with van der Waals surface area (Å²) < 4.78 is 1.81. The van der Waals surface area contributed by atoms with Crippen LogP contribution in [0.25, 0.3) is 5.65 Å². The Kier molecular flexibility index (Phi) is 4.43. The van der Waals surface area contributed by atoms with Gasteiger partial charge in [0, 0.05) is 23.8 Å². The molecule has 2 N–H and O–H groups in total. The van der Waals surface area contributed by atoms with Crippen LogP contribution in [0, 0.1) is 6.92 Å². The second-order valence-corrected chi connectivity index (χ2v) is 7.01. The van der Waals surface area contributed by atoms with E-state index < -0.39 is 0 Å². The summed E-state index contributed by atoms with van der Waals surface area (Å²) in [6.45, 7) is 1.98. The molecule has 0 atom stereocenters. The molecule has 0 saturated carbocycles. The SMILES string of the molecule is Cc1ccn2cc(C(=O)Nc3ccc(NC(=O)c4cccs4)cc3)nc2c1. The molecule has 0 aliphatic carbocycles. The first-order valence-corrected chi connectivity index (χ1v) is 9.18. The van der Waals surface area contributed by atoms with Crippen molar-refractivity contribution >= 4 is 40.2 Å². The van der Waals surface area contributed by atoms with Crippen molar-refractivity contribution in [2.75, 3.05) is 10.6 Å². The first-order valence-electron chi connectivity index (χ1n) is 8.30. The van der Waals surface area contributed by atoms with E-state index in [0.29, 0.717) is 21.9 Å². The first kappa shape index (κ1) is 17.0. The molecule has 0 aliphatic heterocycles. The van der Waals surface area contributed by atoms with Gasteiger partial charge in [-0.3, -0.25) is 9.59 Å².